The molecule has 1 amide bonds. The number of hydrogen-bond acceptors (Lipinski definition) is 4. The van der Waals surface area contributed by atoms with Crippen LogP contribution in [0.15, 0.2) is 30.3 Å². The van der Waals surface area contributed by atoms with Crippen molar-refractivity contribution in [3.63, 3.8) is 0 Å². The molecule has 0 atom stereocenters. The highest BCUT2D eigenvalue weighted by molar-refractivity contribution is 5.85. The molecule has 2 fully saturated rings. The van der Waals surface area contributed by atoms with Crippen LogP contribution in [0.2, 0.25) is 0 Å². The van der Waals surface area contributed by atoms with Gasteiger partial charge in [-0.05, 0) is 18.4 Å². The monoisotopic (exact) mass is 388 g/mol. The number of likely N-dealkylation sites (tertiary alicyclic amines) is 1. The van der Waals surface area contributed by atoms with Crippen molar-refractivity contribution >= 4 is 30.7 Å². The average molecular weight is 389 g/mol. The lowest BCUT2D eigenvalue weighted by atomic mass is 10.1. The Kier molecular flexibility index (Phi) is 9.75. The van der Waals surface area contributed by atoms with E-state index >= 15 is 0 Å². The van der Waals surface area contributed by atoms with Crippen molar-refractivity contribution in [2.24, 2.45) is 5.73 Å². The summed E-state index contributed by atoms with van der Waals surface area (Å²) in [6.07, 6.45) is 1.88. The molecule has 2 heterocycles. The van der Waals surface area contributed by atoms with Crippen LogP contribution < -0.4 is 5.73 Å². The second kappa shape index (κ2) is 11.0. The number of piperazine rings is 1. The van der Waals surface area contributed by atoms with Crippen molar-refractivity contribution in [3.8, 4) is 0 Å². The maximum absolute atomic E-state index is 12.4. The molecule has 142 valence electrons. The van der Waals surface area contributed by atoms with E-state index in [-0.39, 0.29) is 36.8 Å². The quantitative estimate of drug-likeness (QED) is 0.850. The molecule has 7 heteroatoms. The number of piperidine rings is 1. The Hall–Kier alpha value is -0.850. The molecule has 2 saturated heterocycles. The smallest absolute Gasteiger partial charge is 0.236 e. The van der Waals surface area contributed by atoms with E-state index in [2.05, 4.69) is 40.1 Å². The predicted molar refractivity (Wildman–Crippen MR) is 106 cm³/mol. The van der Waals surface area contributed by atoms with Gasteiger partial charge in [0.05, 0.1) is 6.54 Å². The topological polar surface area (TPSA) is 52.8 Å². The first-order valence-electron chi connectivity index (χ1n) is 8.73. The lowest BCUT2D eigenvalue weighted by molar-refractivity contribution is -0.133. The fraction of sp³-hybridized carbons (Fsp3) is 0.611. The van der Waals surface area contributed by atoms with Gasteiger partial charge in [-0.25, -0.2) is 0 Å². The molecule has 0 bridgehead atoms. The number of hydrogen-bond donors (Lipinski definition) is 1. The van der Waals surface area contributed by atoms with E-state index in [4.69, 9.17) is 5.73 Å². The third-order valence-corrected chi connectivity index (χ3v) is 4.97. The summed E-state index contributed by atoms with van der Waals surface area (Å²) in [7, 11) is 0. The summed E-state index contributed by atoms with van der Waals surface area (Å²) >= 11 is 0. The van der Waals surface area contributed by atoms with Gasteiger partial charge in [-0.15, -0.1) is 24.8 Å². The first-order chi connectivity index (χ1) is 11.2. The zero-order valence-electron chi connectivity index (χ0n) is 14.7. The number of carbonyl (C=O) groups is 1. The summed E-state index contributed by atoms with van der Waals surface area (Å²) in [5.41, 5.74) is 7.27. The van der Waals surface area contributed by atoms with Gasteiger partial charge >= 0.3 is 0 Å². The van der Waals surface area contributed by atoms with Crippen molar-refractivity contribution < 1.29 is 4.79 Å². The number of rotatable bonds is 4. The fourth-order valence-electron chi connectivity index (χ4n) is 3.39. The van der Waals surface area contributed by atoms with Gasteiger partial charge in [0.2, 0.25) is 5.91 Å². The molecular formula is C18H30Cl2N4O. The van der Waals surface area contributed by atoms with Gasteiger partial charge in [0.25, 0.3) is 0 Å². The molecule has 0 spiro atoms. The summed E-state index contributed by atoms with van der Waals surface area (Å²) in [4.78, 5) is 19.1. The van der Waals surface area contributed by atoms with Gasteiger partial charge in [0, 0.05) is 51.9 Å². The van der Waals surface area contributed by atoms with E-state index < -0.39 is 0 Å². The zero-order valence-corrected chi connectivity index (χ0v) is 16.3. The van der Waals surface area contributed by atoms with Gasteiger partial charge in [-0.2, -0.15) is 0 Å². The van der Waals surface area contributed by atoms with Crippen LogP contribution >= 0.6 is 24.8 Å². The molecule has 0 unspecified atom stereocenters. The average Bonchev–Trinajstić information content (AvgIpc) is 2.58. The maximum Gasteiger partial charge on any atom is 0.236 e. The second-order valence-corrected chi connectivity index (χ2v) is 6.76. The largest absolute Gasteiger partial charge is 0.341 e. The molecule has 0 saturated carbocycles. The summed E-state index contributed by atoms with van der Waals surface area (Å²) in [5, 5.41) is 0. The van der Waals surface area contributed by atoms with Crippen LogP contribution in [0.1, 0.15) is 18.4 Å². The van der Waals surface area contributed by atoms with Crippen LogP contribution in [-0.4, -0.2) is 72.5 Å². The number of nitrogens with two attached hydrogens (primary N) is 1. The van der Waals surface area contributed by atoms with E-state index in [1.54, 1.807) is 0 Å². The molecule has 25 heavy (non-hydrogen) atoms. The molecule has 5 nitrogen and oxygen atoms in total. The molecule has 2 aliphatic rings. The van der Waals surface area contributed by atoms with Gasteiger partial charge in [-0.3, -0.25) is 14.6 Å². The van der Waals surface area contributed by atoms with Crippen LogP contribution in [0.3, 0.4) is 0 Å². The standard InChI is InChI=1S/C18H28N4O.2ClH/c19-17-6-8-22(9-7-17)18(23)15-21-12-10-20(11-13-21)14-16-4-2-1-3-5-16;;/h1-5,17H,6-15,19H2;2*1H. The summed E-state index contributed by atoms with van der Waals surface area (Å²) < 4.78 is 0. The van der Waals surface area contributed by atoms with Crippen LogP contribution in [0.5, 0.6) is 0 Å². The third kappa shape index (κ3) is 6.76. The Morgan fingerprint density at radius 1 is 0.920 bits per heavy atom. The Morgan fingerprint density at radius 2 is 1.48 bits per heavy atom. The summed E-state index contributed by atoms with van der Waals surface area (Å²) in [6, 6.07) is 10.9. The van der Waals surface area contributed by atoms with Crippen LogP contribution in [0, 0.1) is 0 Å². The minimum absolute atomic E-state index is 0. The van der Waals surface area contributed by atoms with Gasteiger partial charge in [0.1, 0.15) is 0 Å². The van der Waals surface area contributed by atoms with Crippen molar-refractivity contribution in [2.45, 2.75) is 25.4 Å². The molecule has 1 aromatic carbocycles. The minimum atomic E-state index is 0. The van der Waals surface area contributed by atoms with E-state index in [1.165, 1.54) is 5.56 Å². The van der Waals surface area contributed by atoms with Crippen molar-refractivity contribution in [1.82, 2.24) is 14.7 Å². The number of nitrogens with zero attached hydrogens (tertiary/aromatic N) is 3. The lowest BCUT2D eigenvalue weighted by Crippen LogP contribution is -2.51. The van der Waals surface area contributed by atoms with Crippen LogP contribution in [-0.2, 0) is 11.3 Å². The summed E-state index contributed by atoms with van der Waals surface area (Å²) in [6.45, 7) is 7.25. The number of benzene rings is 1. The second-order valence-electron chi connectivity index (χ2n) is 6.76. The van der Waals surface area contributed by atoms with E-state index in [0.717, 1.165) is 58.7 Å². The van der Waals surface area contributed by atoms with Gasteiger partial charge in [-0.1, -0.05) is 30.3 Å². The fourth-order valence-corrected chi connectivity index (χ4v) is 3.39. The Labute approximate surface area is 163 Å². The van der Waals surface area contributed by atoms with Crippen LogP contribution in [0.25, 0.3) is 0 Å². The van der Waals surface area contributed by atoms with E-state index in [1.807, 2.05) is 4.90 Å². The van der Waals surface area contributed by atoms with Crippen molar-refractivity contribution in [1.29, 1.82) is 0 Å². The van der Waals surface area contributed by atoms with Crippen molar-refractivity contribution in [2.75, 3.05) is 45.8 Å². The first kappa shape index (κ1) is 22.2. The number of halogens is 2. The highest BCUT2D eigenvalue weighted by atomic mass is 35.5. The Balaban J connectivity index is 0.00000156. The molecule has 2 N–H and O–H groups in total. The SMILES string of the molecule is Cl.Cl.NC1CCN(C(=O)CN2CCN(Cc3ccccc3)CC2)CC1. The molecule has 0 radical (unpaired) electrons. The number of carbonyl (C=O) groups excluding carboxylic acids is 1. The van der Waals surface area contributed by atoms with Gasteiger partial charge in [0.15, 0.2) is 0 Å². The Morgan fingerprint density at radius 3 is 2.08 bits per heavy atom. The lowest BCUT2D eigenvalue weighted by Gasteiger charge is -2.36. The van der Waals surface area contributed by atoms with Gasteiger partial charge < -0.3 is 10.6 Å². The molecule has 2 aliphatic heterocycles. The minimum Gasteiger partial charge on any atom is -0.341 e. The normalized spacial score (nSPS) is 19.8. The highest BCUT2D eigenvalue weighted by Gasteiger charge is 2.24. The predicted octanol–water partition coefficient (Wildman–Crippen LogP) is 1.60. The molecule has 0 aromatic heterocycles. The van der Waals surface area contributed by atoms with E-state index in [9.17, 15) is 4.79 Å². The van der Waals surface area contributed by atoms with Crippen molar-refractivity contribution in [3.05, 3.63) is 35.9 Å². The zero-order chi connectivity index (χ0) is 16.1. The summed E-state index contributed by atoms with van der Waals surface area (Å²) in [5.74, 6) is 0.272. The Bertz CT molecular complexity index is 501. The molecule has 0 aliphatic carbocycles. The maximum atomic E-state index is 12.4. The first-order valence-corrected chi connectivity index (χ1v) is 8.73. The molecule has 3 rings (SSSR count). The highest BCUT2D eigenvalue weighted by Crippen LogP contribution is 2.11. The molecule has 1 aromatic rings. The molecular weight excluding hydrogens is 359 g/mol. The van der Waals surface area contributed by atoms with E-state index in [0.29, 0.717) is 6.54 Å². The number of amides is 1. The van der Waals surface area contributed by atoms with Crippen LogP contribution in [0.4, 0.5) is 0 Å². The third-order valence-electron chi connectivity index (χ3n) is 4.97.